The summed E-state index contributed by atoms with van der Waals surface area (Å²) in [4.78, 5) is 11.6. The zero-order valence-corrected chi connectivity index (χ0v) is 10.7. The average Bonchev–Trinajstić information content (AvgIpc) is 2.34. The number of ether oxygens (including phenoxy) is 1. The number of carbonyl (C=O) groups is 1. The van der Waals surface area contributed by atoms with Gasteiger partial charge in [0.25, 0.3) is 0 Å². The molecule has 18 heavy (non-hydrogen) atoms. The van der Waals surface area contributed by atoms with Crippen LogP contribution in [-0.4, -0.2) is 23.3 Å². The first-order valence-electron chi connectivity index (χ1n) is 5.81. The number of alkyl carbamates (subject to hydrolysis) is 1. The van der Waals surface area contributed by atoms with Crippen LogP contribution in [-0.2, 0) is 11.3 Å². The van der Waals surface area contributed by atoms with Gasteiger partial charge in [0.1, 0.15) is 6.61 Å². The largest absolute Gasteiger partial charge is 0.445 e. The van der Waals surface area contributed by atoms with Gasteiger partial charge in [-0.25, -0.2) is 4.79 Å². The Hall–Kier alpha value is -1.81. The number of benzene rings is 1. The Morgan fingerprint density at radius 2 is 2.06 bits per heavy atom. The van der Waals surface area contributed by atoms with E-state index in [0.717, 1.165) is 5.56 Å². The fraction of sp³-hybridized carbons (Fsp3) is 0.357. The minimum absolute atomic E-state index is 0.204. The lowest BCUT2D eigenvalue weighted by molar-refractivity contribution is 0.117. The molecule has 0 fully saturated rings. The van der Waals surface area contributed by atoms with Crippen molar-refractivity contribution in [1.29, 1.82) is 0 Å². The first kappa shape index (κ1) is 14.3. The molecule has 1 aromatic rings. The van der Waals surface area contributed by atoms with Crippen LogP contribution in [0.1, 0.15) is 19.4 Å². The van der Waals surface area contributed by atoms with Gasteiger partial charge in [0.2, 0.25) is 0 Å². The molecule has 1 amide bonds. The minimum atomic E-state index is -0.702. The number of hydrogen-bond acceptors (Lipinski definition) is 3. The van der Waals surface area contributed by atoms with Gasteiger partial charge >= 0.3 is 6.09 Å². The highest BCUT2D eigenvalue weighted by atomic mass is 16.5. The van der Waals surface area contributed by atoms with Gasteiger partial charge in [-0.3, -0.25) is 0 Å². The molecule has 4 nitrogen and oxygen atoms in total. The van der Waals surface area contributed by atoms with E-state index < -0.39 is 18.2 Å². The van der Waals surface area contributed by atoms with Gasteiger partial charge in [-0.15, -0.1) is 0 Å². The second-order valence-corrected chi connectivity index (χ2v) is 4.27. The maximum atomic E-state index is 11.6. The number of nitrogens with one attached hydrogen (secondary N) is 1. The molecule has 0 radical (unpaired) electrons. The van der Waals surface area contributed by atoms with E-state index in [2.05, 4.69) is 11.9 Å². The van der Waals surface area contributed by atoms with Crippen molar-refractivity contribution in [3.8, 4) is 0 Å². The van der Waals surface area contributed by atoms with Crippen LogP contribution >= 0.6 is 0 Å². The summed E-state index contributed by atoms with van der Waals surface area (Å²) in [6.07, 6.45) is -1.26. The molecule has 2 N–H and O–H groups in total. The molecule has 1 rings (SSSR count). The van der Waals surface area contributed by atoms with Crippen LogP contribution in [0.25, 0.3) is 0 Å². The van der Waals surface area contributed by atoms with Crippen LogP contribution in [0.2, 0.25) is 0 Å². The Balaban J connectivity index is 2.44. The van der Waals surface area contributed by atoms with E-state index in [1.54, 1.807) is 13.8 Å². The Bertz CT molecular complexity index is 401. The molecule has 0 spiro atoms. The van der Waals surface area contributed by atoms with Crippen molar-refractivity contribution in [2.45, 2.75) is 32.6 Å². The van der Waals surface area contributed by atoms with Gasteiger partial charge in [0, 0.05) is 0 Å². The summed E-state index contributed by atoms with van der Waals surface area (Å²) in [5, 5.41) is 12.1. The molecule has 0 aliphatic heterocycles. The summed E-state index contributed by atoms with van der Waals surface area (Å²) in [5.41, 5.74) is 1.60. The Kier molecular flexibility index (Phi) is 5.39. The molecule has 0 aliphatic rings. The van der Waals surface area contributed by atoms with Gasteiger partial charge in [-0.05, 0) is 19.4 Å². The van der Waals surface area contributed by atoms with Gasteiger partial charge < -0.3 is 15.2 Å². The zero-order chi connectivity index (χ0) is 13.5. The van der Waals surface area contributed by atoms with E-state index >= 15 is 0 Å². The van der Waals surface area contributed by atoms with Crippen LogP contribution in [0.3, 0.4) is 0 Å². The van der Waals surface area contributed by atoms with Crippen molar-refractivity contribution in [3.05, 3.63) is 48.0 Å². The van der Waals surface area contributed by atoms with Gasteiger partial charge in [-0.2, -0.15) is 0 Å². The monoisotopic (exact) mass is 249 g/mol. The molecule has 0 saturated carbocycles. The standard InChI is InChI=1S/C14H19NO3/c1-10(2)13(11(3)16)15-14(17)18-9-12-7-5-4-6-8-12/h4-8,11,13,16H,1,9H2,2-3H3,(H,15,17)/t11?,13-/m0/s1. The number of hydrogen-bond donors (Lipinski definition) is 2. The molecule has 4 heteroatoms. The summed E-state index contributed by atoms with van der Waals surface area (Å²) in [6.45, 7) is 7.26. The maximum absolute atomic E-state index is 11.6. The van der Waals surface area contributed by atoms with Crippen molar-refractivity contribution < 1.29 is 14.6 Å². The lowest BCUT2D eigenvalue weighted by atomic mass is 10.1. The number of amides is 1. The van der Waals surface area contributed by atoms with Crippen LogP contribution in [0.4, 0.5) is 4.79 Å². The SMILES string of the molecule is C=C(C)[C@H](NC(=O)OCc1ccccc1)C(C)O. The number of aliphatic hydroxyl groups excluding tert-OH is 1. The van der Waals surface area contributed by atoms with Crippen molar-refractivity contribution in [1.82, 2.24) is 5.32 Å². The molecule has 1 aromatic carbocycles. The van der Waals surface area contributed by atoms with E-state index in [9.17, 15) is 9.90 Å². The van der Waals surface area contributed by atoms with Crippen LogP contribution in [0.15, 0.2) is 42.5 Å². The fourth-order valence-corrected chi connectivity index (χ4v) is 1.55. The third kappa shape index (κ3) is 4.59. The zero-order valence-electron chi connectivity index (χ0n) is 10.7. The Labute approximate surface area is 107 Å². The van der Waals surface area contributed by atoms with E-state index in [0.29, 0.717) is 5.57 Å². The van der Waals surface area contributed by atoms with E-state index in [-0.39, 0.29) is 6.61 Å². The minimum Gasteiger partial charge on any atom is -0.445 e. The molecule has 2 atom stereocenters. The number of aliphatic hydroxyl groups is 1. The van der Waals surface area contributed by atoms with Crippen molar-refractivity contribution in [2.75, 3.05) is 0 Å². The Morgan fingerprint density at radius 3 is 2.56 bits per heavy atom. The van der Waals surface area contributed by atoms with Crippen LogP contribution in [0.5, 0.6) is 0 Å². The van der Waals surface area contributed by atoms with E-state index in [4.69, 9.17) is 4.74 Å². The molecule has 0 heterocycles. The maximum Gasteiger partial charge on any atom is 0.408 e. The molecule has 98 valence electrons. The highest BCUT2D eigenvalue weighted by molar-refractivity contribution is 5.68. The molecule has 0 aromatic heterocycles. The first-order valence-corrected chi connectivity index (χ1v) is 5.81. The molecule has 0 bridgehead atoms. The lowest BCUT2D eigenvalue weighted by Gasteiger charge is -2.21. The molecule has 0 saturated heterocycles. The van der Waals surface area contributed by atoms with Crippen molar-refractivity contribution in [3.63, 3.8) is 0 Å². The van der Waals surface area contributed by atoms with Crippen molar-refractivity contribution in [2.24, 2.45) is 0 Å². The third-order valence-electron chi connectivity index (χ3n) is 2.50. The molecule has 0 aliphatic carbocycles. The van der Waals surface area contributed by atoms with Crippen molar-refractivity contribution >= 4 is 6.09 Å². The summed E-state index contributed by atoms with van der Waals surface area (Å²) in [5.74, 6) is 0. The topological polar surface area (TPSA) is 58.6 Å². The predicted molar refractivity (Wildman–Crippen MR) is 70.0 cm³/mol. The summed E-state index contributed by atoms with van der Waals surface area (Å²) in [6, 6.07) is 8.91. The van der Waals surface area contributed by atoms with Crippen LogP contribution in [0, 0.1) is 0 Å². The Morgan fingerprint density at radius 1 is 1.44 bits per heavy atom. The molecular formula is C14H19NO3. The van der Waals surface area contributed by atoms with E-state index in [1.165, 1.54) is 0 Å². The lowest BCUT2D eigenvalue weighted by Crippen LogP contribution is -2.42. The van der Waals surface area contributed by atoms with Gasteiger partial charge in [-0.1, -0.05) is 42.5 Å². The summed E-state index contributed by atoms with van der Waals surface area (Å²) in [7, 11) is 0. The highest BCUT2D eigenvalue weighted by Crippen LogP contribution is 2.05. The summed E-state index contributed by atoms with van der Waals surface area (Å²) >= 11 is 0. The van der Waals surface area contributed by atoms with E-state index in [1.807, 2.05) is 30.3 Å². The molecular weight excluding hydrogens is 230 g/mol. The normalized spacial score (nSPS) is 13.5. The average molecular weight is 249 g/mol. The summed E-state index contributed by atoms with van der Waals surface area (Å²) < 4.78 is 5.06. The number of rotatable bonds is 5. The third-order valence-corrected chi connectivity index (χ3v) is 2.50. The first-order chi connectivity index (χ1) is 8.50. The second kappa shape index (κ2) is 6.81. The van der Waals surface area contributed by atoms with Crippen LogP contribution < -0.4 is 5.32 Å². The quantitative estimate of drug-likeness (QED) is 0.787. The van der Waals surface area contributed by atoms with Gasteiger partial charge in [0.05, 0.1) is 12.1 Å². The smallest absolute Gasteiger partial charge is 0.408 e. The highest BCUT2D eigenvalue weighted by Gasteiger charge is 2.18. The predicted octanol–water partition coefficient (Wildman–Crippen LogP) is 2.24. The number of carbonyl (C=O) groups excluding carboxylic acids is 1. The fourth-order valence-electron chi connectivity index (χ4n) is 1.55. The second-order valence-electron chi connectivity index (χ2n) is 4.27. The molecule has 1 unspecified atom stereocenters. The van der Waals surface area contributed by atoms with Gasteiger partial charge in [0.15, 0.2) is 0 Å².